The van der Waals surface area contributed by atoms with Gasteiger partial charge in [-0.1, -0.05) is 12.1 Å². The van der Waals surface area contributed by atoms with Gasteiger partial charge in [-0.25, -0.2) is 23.9 Å². The Labute approximate surface area is 406 Å². The van der Waals surface area contributed by atoms with Crippen molar-refractivity contribution < 1.29 is 42.9 Å². The third-order valence-corrected chi connectivity index (χ3v) is 15.2. The molecule has 374 valence electrons. The third kappa shape index (κ3) is 9.32. The highest BCUT2D eigenvalue weighted by Crippen LogP contribution is 2.48. The maximum atomic E-state index is 16.4. The van der Waals surface area contributed by atoms with Crippen LogP contribution >= 0.6 is 0 Å². The first-order valence-electron chi connectivity index (χ1n) is 24.6. The van der Waals surface area contributed by atoms with Crippen LogP contribution in [0.5, 0.6) is 0 Å². The molecule has 8 atom stereocenters. The lowest BCUT2D eigenvalue weighted by molar-refractivity contribution is -0.141. The Morgan fingerprint density at radius 3 is 1.79 bits per heavy atom. The van der Waals surface area contributed by atoms with Crippen LogP contribution in [0.3, 0.4) is 0 Å². The normalized spacial score (nSPS) is 22.4. The second-order valence-electron chi connectivity index (χ2n) is 19.2. The fourth-order valence-corrected chi connectivity index (χ4v) is 11.3. The highest BCUT2D eigenvalue weighted by atomic mass is 19.1. The van der Waals surface area contributed by atoms with Crippen LogP contribution in [-0.2, 0) is 23.8 Å². The van der Waals surface area contributed by atoms with Crippen molar-refractivity contribution in [1.82, 2.24) is 40.0 Å². The largest absolute Gasteiger partial charge is 0.465 e. The lowest BCUT2D eigenvalue weighted by atomic mass is 10.0. The molecule has 0 spiro atoms. The number of nitrogens with one attached hydrogen (secondary N) is 3. The van der Waals surface area contributed by atoms with E-state index in [2.05, 4.69) is 49.4 Å². The van der Waals surface area contributed by atoms with E-state index in [0.717, 1.165) is 102 Å². The van der Waals surface area contributed by atoms with E-state index in [1.807, 2.05) is 24.3 Å². The van der Waals surface area contributed by atoms with Gasteiger partial charge in [-0.05, 0) is 125 Å². The number of fused-ring (bicyclic) bond motifs is 2. The van der Waals surface area contributed by atoms with Gasteiger partial charge in [0.25, 0.3) is 0 Å². The van der Waals surface area contributed by atoms with Gasteiger partial charge in [0.2, 0.25) is 11.8 Å². The predicted molar refractivity (Wildman–Crippen MR) is 261 cm³/mol. The van der Waals surface area contributed by atoms with Gasteiger partial charge in [-0.15, -0.1) is 0 Å². The number of benzene rings is 3. The van der Waals surface area contributed by atoms with Crippen molar-refractivity contribution in [3.63, 3.8) is 0 Å². The Morgan fingerprint density at radius 2 is 1.27 bits per heavy atom. The number of aromatic amines is 2. The molecule has 18 nitrogen and oxygen atoms in total. The second kappa shape index (κ2) is 20.5. The van der Waals surface area contributed by atoms with Gasteiger partial charge in [0.1, 0.15) is 29.5 Å². The SMILES string of the molecule is COC(=O)N[C@H](C(=O)N1CCC[C@H]1c1nc2cc([C@@H]3CC[C@@H](c4ccc5[nH]c([C@@H]6CCCN6C(=O)[C@H]([C@@H](C)OC)N(C)C(=O)O)nc5c4)N3c3ccc(N4CCCCC4)c(F)c3)ccc2[nH]1)[C@@H](C)OC. The third-order valence-electron chi connectivity index (χ3n) is 15.2. The molecule has 4 aliphatic heterocycles. The van der Waals surface area contributed by atoms with Crippen molar-refractivity contribution in [2.45, 2.75) is 120 Å². The van der Waals surface area contributed by atoms with Gasteiger partial charge < -0.3 is 54.2 Å². The molecule has 0 bridgehead atoms. The van der Waals surface area contributed by atoms with Crippen LogP contribution in [0, 0.1) is 5.82 Å². The highest BCUT2D eigenvalue weighted by molar-refractivity contribution is 5.88. The number of halogens is 1. The Morgan fingerprint density at radius 1 is 0.714 bits per heavy atom. The first-order valence-corrected chi connectivity index (χ1v) is 24.6. The molecule has 6 heterocycles. The molecule has 9 rings (SSSR count). The maximum absolute atomic E-state index is 16.4. The highest BCUT2D eigenvalue weighted by Gasteiger charge is 2.43. The number of alkyl carbamates (subject to hydrolysis) is 1. The van der Waals surface area contributed by atoms with Crippen LogP contribution in [0.25, 0.3) is 22.1 Å². The first kappa shape index (κ1) is 48.5. The molecule has 4 fully saturated rings. The smallest absolute Gasteiger partial charge is 0.407 e. The molecule has 5 aromatic rings. The summed E-state index contributed by atoms with van der Waals surface area (Å²) in [5, 5.41) is 12.5. The van der Waals surface area contributed by atoms with Crippen LogP contribution in [0.2, 0.25) is 0 Å². The number of anilines is 2. The number of methoxy groups -OCH3 is 3. The number of amides is 4. The molecule has 0 radical (unpaired) electrons. The minimum Gasteiger partial charge on any atom is -0.465 e. The monoisotopic (exact) mass is 964 g/mol. The molecular weight excluding hydrogens is 900 g/mol. The number of aromatic nitrogens is 4. The summed E-state index contributed by atoms with van der Waals surface area (Å²) in [5.74, 6) is 0.432. The molecule has 4 amide bonds. The van der Waals surface area contributed by atoms with Gasteiger partial charge in [0.15, 0.2) is 0 Å². The van der Waals surface area contributed by atoms with E-state index in [1.165, 1.54) is 28.4 Å². The molecule has 70 heavy (non-hydrogen) atoms. The van der Waals surface area contributed by atoms with Gasteiger partial charge in [-0.2, -0.15) is 0 Å². The van der Waals surface area contributed by atoms with Crippen molar-refractivity contribution in [3.8, 4) is 0 Å². The minimum atomic E-state index is -1.21. The van der Waals surface area contributed by atoms with Crippen molar-refractivity contribution in [1.29, 1.82) is 0 Å². The topological polar surface area (TPSA) is 202 Å². The van der Waals surface area contributed by atoms with E-state index in [1.54, 1.807) is 29.7 Å². The molecular formula is C51H65FN10O8. The second-order valence-corrected chi connectivity index (χ2v) is 19.2. The molecule has 3 aromatic carbocycles. The number of ether oxygens (including phenoxy) is 3. The number of likely N-dealkylation sites (N-methyl/N-ethyl adjacent to an activating group) is 1. The minimum absolute atomic E-state index is 0.144. The van der Waals surface area contributed by atoms with Gasteiger partial charge in [0.05, 0.1) is 71.2 Å². The van der Waals surface area contributed by atoms with E-state index in [4.69, 9.17) is 24.2 Å². The lowest BCUT2D eigenvalue weighted by Crippen LogP contribution is -2.54. The number of likely N-dealkylation sites (tertiary alicyclic amines) is 2. The van der Waals surface area contributed by atoms with E-state index >= 15 is 4.39 Å². The number of hydrogen-bond acceptors (Lipinski definition) is 11. The van der Waals surface area contributed by atoms with Crippen molar-refractivity contribution in [3.05, 3.63) is 83.2 Å². The van der Waals surface area contributed by atoms with E-state index < -0.39 is 36.5 Å². The zero-order valence-corrected chi connectivity index (χ0v) is 40.8. The number of imidazole rings is 2. The van der Waals surface area contributed by atoms with Gasteiger partial charge in [-0.3, -0.25) is 14.5 Å². The van der Waals surface area contributed by atoms with Crippen LogP contribution in [-0.4, -0.2) is 143 Å². The maximum Gasteiger partial charge on any atom is 0.407 e. The fraction of sp³-hybridized carbons (Fsp3) is 0.529. The number of carbonyl (C=O) groups excluding carboxylic acids is 3. The quantitative estimate of drug-likeness (QED) is 0.0845. The lowest BCUT2D eigenvalue weighted by Gasteiger charge is -2.34. The fourth-order valence-electron chi connectivity index (χ4n) is 11.3. The van der Waals surface area contributed by atoms with Gasteiger partial charge in [0, 0.05) is 53.1 Å². The summed E-state index contributed by atoms with van der Waals surface area (Å²) in [6, 6.07) is 15.1. The van der Waals surface area contributed by atoms with E-state index in [0.29, 0.717) is 43.3 Å². The Balaban J connectivity index is 1.02. The molecule has 4 aliphatic rings. The van der Waals surface area contributed by atoms with Crippen LogP contribution in [0.4, 0.5) is 25.4 Å². The summed E-state index contributed by atoms with van der Waals surface area (Å²) >= 11 is 0. The van der Waals surface area contributed by atoms with Crippen LogP contribution in [0.1, 0.15) is 119 Å². The number of H-pyrrole nitrogens is 2. The molecule has 4 saturated heterocycles. The molecule has 0 saturated carbocycles. The van der Waals surface area contributed by atoms with Crippen molar-refractivity contribution in [2.75, 3.05) is 64.4 Å². The molecule has 2 aromatic heterocycles. The predicted octanol–water partition coefficient (Wildman–Crippen LogP) is 7.75. The molecule has 4 N–H and O–H groups in total. The summed E-state index contributed by atoms with van der Waals surface area (Å²) in [4.78, 5) is 78.4. The Bertz CT molecular complexity index is 2720. The summed E-state index contributed by atoms with van der Waals surface area (Å²) in [7, 11) is 5.60. The average Bonchev–Trinajstić information content (AvgIpc) is 4.24. The molecule has 0 unspecified atom stereocenters. The zero-order chi connectivity index (χ0) is 49.4. The summed E-state index contributed by atoms with van der Waals surface area (Å²) in [6.45, 7) is 6.04. The van der Waals surface area contributed by atoms with Crippen molar-refractivity contribution >= 4 is 57.4 Å². The number of rotatable bonds is 14. The average molecular weight is 965 g/mol. The number of nitrogens with zero attached hydrogens (tertiary/aromatic N) is 7. The standard InChI is InChI=1S/C51H65FN10O8/c1-29(68-4)44(57-50(65)70-6)48(63)60-24-10-12-42(60)46-53-35-17-14-31(26-37(35)55-46)39-20-21-40(62(39)33-16-19-41(34(52)28-33)59-22-8-7-9-23-59)32-15-18-36-38(27-32)56-47(54-36)43-13-11-25-61(43)49(64)45(30(2)69-5)58(3)51(66)67/h14-19,26-30,39-40,42-45H,7-13,20-25H2,1-6H3,(H,53,55)(H,54,56)(H,57,65)(H,66,67)/t29-,30-,39+,40+,42+,43+,44+,45+/m1/s1. The van der Waals surface area contributed by atoms with E-state index in [9.17, 15) is 24.3 Å². The molecule has 19 heteroatoms. The Kier molecular flexibility index (Phi) is 14.2. The number of carboxylic acid groups (broad SMARTS) is 1. The number of piperidine rings is 1. The van der Waals surface area contributed by atoms with E-state index in [-0.39, 0.29) is 41.8 Å². The summed E-state index contributed by atoms with van der Waals surface area (Å²) in [6.07, 6.45) is 4.43. The summed E-state index contributed by atoms with van der Waals surface area (Å²) < 4.78 is 32.2. The van der Waals surface area contributed by atoms with Crippen LogP contribution in [0.15, 0.2) is 54.6 Å². The van der Waals surface area contributed by atoms with Gasteiger partial charge >= 0.3 is 12.2 Å². The summed E-state index contributed by atoms with van der Waals surface area (Å²) in [5.41, 5.74) is 6.54. The number of carbonyl (C=O) groups is 4. The molecule has 0 aliphatic carbocycles. The first-order chi connectivity index (χ1) is 33.8. The Hall–Kier alpha value is -6.47. The van der Waals surface area contributed by atoms with Crippen molar-refractivity contribution in [2.24, 2.45) is 0 Å². The van der Waals surface area contributed by atoms with Crippen LogP contribution < -0.4 is 15.1 Å². The number of hydrogen-bond donors (Lipinski definition) is 4. The zero-order valence-electron chi connectivity index (χ0n) is 40.8.